The molecule has 0 spiro atoms. The smallest absolute Gasteiger partial charge is 0.310 e. The van der Waals surface area contributed by atoms with Crippen LogP contribution in [0.4, 0.5) is 5.69 Å². The van der Waals surface area contributed by atoms with E-state index < -0.39 is 11.5 Å². The maximum Gasteiger partial charge on any atom is 0.310 e. The van der Waals surface area contributed by atoms with E-state index in [4.69, 9.17) is 4.74 Å². The van der Waals surface area contributed by atoms with E-state index in [1.54, 1.807) is 4.90 Å². The molecule has 2 bridgehead atoms. The number of hydrogen-bond donors (Lipinski definition) is 0. The predicted octanol–water partition coefficient (Wildman–Crippen LogP) is 5.27. The summed E-state index contributed by atoms with van der Waals surface area (Å²) >= 11 is 0. The van der Waals surface area contributed by atoms with Crippen molar-refractivity contribution < 1.29 is 14.3 Å². The number of carbonyl (C=O) groups excluding carboxylic acids is 2. The Kier molecular flexibility index (Phi) is 4.48. The molecule has 3 aromatic rings. The lowest BCUT2D eigenvalue weighted by atomic mass is 9.59. The Hall–Kier alpha value is -3.40. The van der Waals surface area contributed by atoms with Gasteiger partial charge in [-0.2, -0.15) is 0 Å². The zero-order valence-corrected chi connectivity index (χ0v) is 18.9. The van der Waals surface area contributed by atoms with Crippen molar-refractivity contribution in [2.75, 3.05) is 11.4 Å². The van der Waals surface area contributed by atoms with Gasteiger partial charge in [0.15, 0.2) is 6.10 Å². The Morgan fingerprint density at radius 2 is 1.39 bits per heavy atom. The number of fused-ring (bicyclic) bond motifs is 1. The van der Waals surface area contributed by atoms with Crippen LogP contribution in [0, 0.1) is 11.3 Å². The topological polar surface area (TPSA) is 46.6 Å². The molecule has 4 nitrogen and oxygen atoms in total. The van der Waals surface area contributed by atoms with Gasteiger partial charge >= 0.3 is 5.97 Å². The summed E-state index contributed by atoms with van der Waals surface area (Å²) in [6, 6.07) is 26.5. The van der Waals surface area contributed by atoms with Crippen molar-refractivity contribution in [2.45, 2.75) is 38.2 Å². The van der Waals surface area contributed by atoms with E-state index in [1.807, 2.05) is 56.3 Å². The second-order valence-electron chi connectivity index (χ2n) is 10.2. The van der Waals surface area contributed by atoms with Crippen LogP contribution in [0.3, 0.4) is 0 Å². The number of hydrogen-bond acceptors (Lipinski definition) is 3. The lowest BCUT2D eigenvalue weighted by Crippen LogP contribution is -2.42. The highest BCUT2D eigenvalue weighted by Gasteiger charge is 2.52. The molecule has 1 amide bonds. The number of para-hydroxylation sites is 1. The summed E-state index contributed by atoms with van der Waals surface area (Å²) in [4.78, 5) is 28.7. The van der Waals surface area contributed by atoms with E-state index in [0.29, 0.717) is 6.54 Å². The van der Waals surface area contributed by atoms with E-state index in [2.05, 4.69) is 36.4 Å². The number of anilines is 1. The van der Waals surface area contributed by atoms with Crippen LogP contribution in [0.2, 0.25) is 0 Å². The molecule has 7 rings (SSSR count). The van der Waals surface area contributed by atoms with Crippen LogP contribution in [0.5, 0.6) is 0 Å². The third-order valence-electron chi connectivity index (χ3n) is 7.68. The maximum atomic E-state index is 13.6. The van der Waals surface area contributed by atoms with Crippen LogP contribution in [0.15, 0.2) is 78.9 Å². The highest BCUT2D eigenvalue weighted by Crippen LogP contribution is 2.55. The molecule has 2 atom stereocenters. The third kappa shape index (κ3) is 3.04. The normalized spacial score (nSPS) is 26.6. The Bertz CT molecular complexity index is 1200. The summed E-state index contributed by atoms with van der Waals surface area (Å²) < 4.78 is 6.08. The minimum Gasteiger partial charge on any atom is -0.451 e. The molecular weight excluding hydrogens is 410 g/mol. The molecule has 0 aromatic heterocycles. The third-order valence-corrected chi connectivity index (χ3v) is 7.68. The van der Waals surface area contributed by atoms with Gasteiger partial charge in [-0.3, -0.25) is 9.59 Å². The van der Waals surface area contributed by atoms with E-state index >= 15 is 0 Å². The highest BCUT2D eigenvalue weighted by molar-refractivity contribution is 6.01. The second kappa shape index (κ2) is 7.31. The van der Waals surface area contributed by atoms with Gasteiger partial charge in [0, 0.05) is 29.5 Å². The van der Waals surface area contributed by atoms with Gasteiger partial charge in [0.05, 0.1) is 5.92 Å². The molecular formula is C29H27NO3. The SMILES string of the molecule is CC1(C)CN(c2ccccc2)C(=O)[C@H]1OC(=O)C1CC2c3ccccc3C1c1ccccc12. The first-order chi connectivity index (χ1) is 16.0. The fraction of sp³-hybridized carbons (Fsp3) is 0.310. The Labute approximate surface area is 194 Å². The molecule has 3 aromatic carbocycles. The van der Waals surface area contributed by atoms with E-state index in [-0.39, 0.29) is 29.6 Å². The van der Waals surface area contributed by atoms with Gasteiger partial charge in [-0.05, 0) is 40.8 Å². The fourth-order valence-electron chi connectivity index (χ4n) is 6.15. The average Bonchev–Trinajstić information content (AvgIpc) is 3.08. The van der Waals surface area contributed by atoms with Crippen molar-refractivity contribution in [1.29, 1.82) is 0 Å². The molecule has 1 unspecified atom stereocenters. The predicted molar refractivity (Wildman–Crippen MR) is 127 cm³/mol. The van der Waals surface area contributed by atoms with Gasteiger partial charge < -0.3 is 9.64 Å². The number of carbonyl (C=O) groups is 2. The lowest BCUT2D eigenvalue weighted by Gasteiger charge is -2.44. The van der Waals surface area contributed by atoms with Gasteiger partial charge in [-0.1, -0.05) is 80.6 Å². The van der Waals surface area contributed by atoms with Gasteiger partial charge in [-0.25, -0.2) is 0 Å². The van der Waals surface area contributed by atoms with Crippen molar-refractivity contribution in [3.8, 4) is 0 Å². The van der Waals surface area contributed by atoms with Gasteiger partial charge in [0.1, 0.15) is 0 Å². The van der Waals surface area contributed by atoms with E-state index in [9.17, 15) is 9.59 Å². The summed E-state index contributed by atoms with van der Waals surface area (Å²) in [5.41, 5.74) is 5.45. The van der Waals surface area contributed by atoms with Crippen LogP contribution >= 0.6 is 0 Å². The molecule has 1 fully saturated rings. The molecule has 3 aliphatic carbocycles. The van der Waals surface area contributed by atoms with Crippen molar-refractivity contribution in [3.63, 3.8) is 0 Å². The average molecular weight is 438 g/mol. The minimum absolute atomic E-state index is 0.0280. The standard InChI is InChI=1S/C29H27NO3/c1-29(2)17-30(18-10-4-3-5-11-18)27(31)26(29)33-28(32)24-16-23-19-12-6-8-14-21(19)25(24)22-15-9-7-13-20(22)23/h3-15,23-26H,16-17H2,1-2H3/t23?,24?,25?,26-/m1/s1. The minimum atomic E-state index is -0.781. The molecule has 0 N–H and O–H groups in total. The number of nitrogens with zero attached hydrogens (tertiary/aromatic N) is 1. The first-order valence-electron chi connectivity index (χ1n) is 11.7. The number of amides is 1. The van der Waals surface area contributed by atoms with Gasteiger partial charge in [0.25, 0.3) is 5.91 Å². The fourth-order valence-corrected chi connectivity index (χ4v) is 6.15. The van der Waals surface area contributed by atoms with Crippen molar-refractivity contribution in [1.82, 2.24) is 0 Å². The van der Waals surface area contributed by atoms with Crippen LogP contribution in [0.25, 0.3) is 0 Å². The number of rotatable bonds is 3. The molecule has 33 heavy (non-hydrogen) atoms. The van der Waals surface area contributed by atoms with Gasteiger partial charge in [-0.15, -0.1) is 0 Å². The first-order valence-corrected chi connectivity index (χ1v) is 11.7. The number of ether oxygens (including phenoxy) is 1. The van der Waals surface area contributed by atoms with Gasteiger partial charge in [0.2, 0.25) is 0 Å². The van der Waals surface area contributed by atoms with Crippen LogP contribution < -0.4 is 4.90 Å². The summed E-state index contributed by atoms with van der Waals surface area (Å²) in [7, 11) is 0. The Morgan fingerprint density at radius 1 is 0.848 bits per heavy atom. The number of esters is 1. The van der Waals surface area contributed by atoms with Crippen molar-refractivity contribution in [3.05, 3.63) is 101 Å². The Balaban J connectivity index is 1.31. The lowest BCUT2D eigenvalue weighted by molar-refractivity contribution is -0.163. The summed E-state index contributed by atoms with van der Waals surface area (Å²) in [6.07, 6.45) is -0.0579. The highest BCUT2D eigenvalue weighted by atomic mass is 16.6. The molecule has 4 aliphatic rings. The summed E-state index contributed by atoms with van der Waals surface area (Å²) in [5, 5.41) is 0. The number of benzene rings is 3. The molecule has 166 valence electrons. The molecule has 1 heterocycles. The van der Waals surface area contributed by atoms with E-state index in [0.717, 1.165) is 12.1 Å². The van der Waals surface area contributed by atoms with Crippen LogP contribution in [0.1, 0.15) is 54.4 Å². The monoisotopic (exact) mass is 437 g/mol. The first kappa shape index (κ1) is 20.2. The molecule has 0 radical (unpaired) electrons. The quantitative estimate of drug-likeness (QED) is 0.525. The molecule has 4 heteroatoms. The maximum absolute atomic E-state index is 13.6. The second-order valence-corrected chi connectivity index (χ2v) is 10.2. The Morgan fingerprint density at radius 3 is 2.00 bits per heavy atom. The molecule has 0 saturated carbocycles. The molecule has 1 saturated heterocycles. The zero-order chi connectivity index (χ0) is 22.7. The summed E-state index contributed by atoms with van der Waals surface area (Å²) in [5.74, 6) is -0.515. The van der Waals surface area contributed by atoms with E-state index in [1.165, 1.54) is 22.3 Å². The largest absolute Gasteiger partial charge is 0.451 e. The van der Waals surface area contributed by atoms with Crippen molar-refractivity contribution >= 4 is 17.6 Å². The summed E-state index contributed by atoms with van der Waals surface area (Å²) in [6.45, 7) is 4.53. The zero-order valence-electron chi connectivity index (χ0n) is 18.9. The van der Waals surface area contributed by atoms with Crippen LogP contribution in [-0.2, 0) is 14.3 Å². The van der Waals surface area contributed by atoms with Crippen molar-refractivity contribution in [2.24, 2.45) is 11.3 Å². The molecule has 1 aliphatic heterocycles. The van der Waals surface area contributed by atoms with Crippen LogP contribution in [-0.4, -0.2) is 24.5 Å².